The molecule has 0 aliphatic carbocycles. The van der Waals surface area contributed by atoms with E-state index in [4.69, 9.17) is 11.6 Å². The summed E-state index contributed by atoms with van der Waals surface area (Å²) < 4.78 is 27.5. The molecule has 10 heteroatoms. The van der Waals surface area contributed by atoms with Crippen molar-refractivity contribution in [1.82, 2.24) is 4.98 Å². The predicted molar refractivity (Wildman–Crippen MR) is 129 cm³/mol. The second kappa shape index (κ2) is 9.39. The first-order valence-electron chi connectivity index (χ1n) is 9.36. The van der Waals surface area contributed by atoms with Gasteiger partial charge in [0.15, 0.2) is 5.13 Å². The van der Waals surface area contributed by atoms with Gasteiger partial charge in [-0.05, 0) is 48.5 Å². The molecule has 2 amide bonds. The van der Waals surface area contributed by atoms with Crippen molar-refractivity contribution in [3.63, 3.8) is 0 Å². The summed E-state index contributed by atoms with van der Waals surface area (Å²) in [5.74, 6) is 0. The molecule has 0 saturated carbocycles. The van der Waals surface area contributed by atoms with Gasteiger partial charge >= 0.3 is 6.03 Å². The Morgan fingerprint density at radius 2 is 1.53 bits per heavy atom. The quantitative estimate of drug-likeness (QED) is 0.317. The molecule has 0 atom stereocenters. The maximum absolute atomic E-state index is 12.5. The number of carbonyl (C=O) groups is 1. The van der Waals surface area contributed by atoms with Crippen molar-refractivity contribution in [3.8, 4) is 11.3 Å². The van der Waals surface area contributed by atoms with Crippen LogP contribution in [0.15, 0.2) is 89.1 Å². The third-order valence-corrected chi connectivity index (χ3v) is 6.72. The number of amides is 2. The number of hydrogen-bond acceptors (Lipinski definition) is 5. The van der Waals surface area contributed by atoms with E-state index in [1.54, 1.807) is 36.4 Å². The van der Waals surface area contributed by atoms with Gasteiger partial charge in [-0.15, -0.1) is 11.3 Å². The second-order valence-corrected chi connectivity index (χ2v) is 9.60. The molecule has 3 aromatic carbocycles. The number of nitrogens with zero attached hydrogens (tertiary/aromatic N) is 1. The Morgan fingerprint density at radius 3 is 2.22 bits per heavy atom. The van der Waals surface area contributed by atoms with Crippen molar-refractivity contribution in [2.45, 2.75) is 4.90 Å². The first-order valence-corrected chi connectivity index (χ1v) is 12.1. The molecule has 7 nitrogen and oxygen atoms in total. The highest BCUT2D eigenvalue weighted by atomic mass is 35.5. The topological polar surface area (TPSA) is 100 Å². The van der Waals surface area contributed by atoms with E-state index in [9.17, 15) is 13.2 Å². The number of benzene rings is 3. The van der Waals surface area contributed by atoms with E-state index < -0.39 is 10.0 Å². The standard InChI is InChI=1S/C22H17ClN4O3S2/c23-16-8-12-19(13-9-16)32(29,30)27-18-10-6-15(7-11-18)20-14-31-22(25-20)26-21(28)24-17-4-2-1-3-5-17/h1-14,27H,(H2,24,25,26,28). The van der Waals surface area contributed by atoms with E-state index in [1.165, 1.54) is 35.6 Å². The number of hydrogen-bond donors (Lipinski definition) is 3. The van der Waals surface area contributed by atoms with Crippen LogP contribution in [0.1, 0.15) is 0 Å². The summed E-state index contributed by atoms with van der Waals surface area (Å²) in [5.41, 5.74) is 2.54. The van der Waals surface area contributed by atoms with Crippen LogP contribution in [-0.4, -0.2) is 19.4 Å². The summed E-state index contributed by atoms with van der Waals surface area (Å²) in [4.78, 5) is 16.7. The van der Waals surface area contributed by atoms with Crippen LogP contribution in [-0.2, 0) is 10.0 Å². The van der Waals surface area contributed by atoms with Gasteiger partial charge in [-0.3, -0.25) is 10.0 Å². The van der Waals surface area contributed by atoms with Gasteiger partial charge in [0.05, 0.1) is 10.6 Å². The Bertz CT molecular complexity index is 1320. The van der Waals surface area contributed by atoms with Crippen molar-refractivity contribution in [2.24, 2.45) is 0 Å². The van der Waals surface area contributed by atoms with Crippen LogP contribution >= 0.6 is 22.9 Å². The summed E-state index contributed by atoms with van der Waals surface area (Å²) in [6, 6.07) is 21.4. The lowest BCUT2D eigenvalue weighted by Gasteiger charge is -2.08. The first-order chi connectivity index (χ1) is 15.4. The zero-order valence-electron chi connectivity index (χ0n) is 16.4. The maximum atomic E-state index is 12.5. The number of aromatic nitrogens is 1. The zero-order valence-corrected chi connectivity index (χ0v) is 18.8. The highest BCUT2D eigenvalue weighted by molar-refractivity contribution is 7.92. The Hall–Kier alpha value is -3.40. The van der Waals surface area contributed by atoms with Gasteiger partial charge in [0.25, 0.3) is 10.0 Å². The molecule has 0 aliphatic rings. The normalized spacial score (nSPS) is 11.0. The largest absolute Gasteiger partial charge is 0.325 e. The fraction of sp³-hybridized carbons (Fsp3) is 0. The molecule has 162 valence electrons. The summed E-state index contributed by atoms with van der Waals surface area (Å²) in [6.45, 7) is 0. The minimum Gasteiger partial charge on any atom is -0.308 e. The third-order valence-electron chi connectivity index (χ3n) is 4.31. The average molecular weight is 485 g/mol. The summed E-state index contributed by atoms with van der Waals surface area (Å²) in [5, 5.41) is 8.15. The second-order valence-electron chi connectivity index (χ2n) is 6.62. The summed E-state index contributed by atoms with van der Waals surface area (Å²) in [6.07, 6.45) is 0. The van der Waals surface area contributed by atoms with Crippen molar-refractivity contribution in [3.05, 3.63) is 89.3 Å². The van der Waals surface area contributed by atoms with Gasteiger partial charge in [-0.1, -0.05) is 41.9 Å². The number of nitrogens with one attached hydrogen (secondary N) is 3. The number of sulfonamides is 1. The van der Waals surface area contributed by atoms with E-state index in [2.05, 4.69) is 20.3 Å². The van der Waals surface area contributed by atoms with Crippen LogP contribution in [0.2, 0.25) is 5.02 Å². The maximum Gasteiger partial charge on any atom is 0.325 e. The predicted octanol–water partition coefficient (Wildman–Crippen LogP) is 5.91. The van der Waals surface area contributed by atoms with Crippen LogP contribution in [0, 0.1) is 0 Å². The van der Waals surface area contributed by atoms with Gasteiger partial charge in [0, 0.05) is 27.3 Å². The van der Waals surface area contributed by atoms with Crippen LogP contribution in [0.25, 0.3) is 11.3 Å². The number of carbonyl (C=O) groups excluding carboxylic acids is 1. The van der Waals surface area contributed by atoms with Crippen LogP contribution < -0.4 is 15.4 Å². The SMILES string of the molecule is O=C(Nc1ccccc1)Nc1nc(-c2ccc(NS(=O)(=O)c3ccc(Cl)cc3)cc2)cs1. The van der Waals surface area contributed by atoms with Gasteiger partial charge in [-0.2, -0.15) is 0 Å². The van der Waals surface area contributed by atoms with Crippen LogP contribution in [0.4, 0.5) is 21.3 Å². The van der Waals surface area contributed by atoms with Crippen molar-refractivity contribution >= 4 is 55.5 Å². The van der Waals surface area contributed by atoms with E-state index in [1.807, 2.05) is 23.6 Å². The van der Waals surface area contributed by atoms with Crippen molar-refractivity contribution < 1.29 is 13.2 Å². The molecule has 4 aromatic rings. The fourth-order valence-corrected chi connectivity index (χ4v) is 4.68. The molecule has 0 fully saturated rings. The fourth-order valence-electron chi connectivity index (χ4n) is 2.78. The van der Waals surface area contributed by atoms with E-state index >= 15 is 0 Å². The Balaban J connectivity index is 1.40. The molecule has 32 heavy (non-hydrogen) atoms. The highest BCUT2D eigenvalue weighted by Gasteiger charge is 2.14. The van der Waals surface area contributed by atoms with E-state index in [-0.39, 0.29) is 10.9 Å². The minimum absolute atomic E-state index is 0.120. The lowest BCUT2D eigenvalue weighted by atomic mass is 10.1. The number of para-hydroxylation sites is 1. The van der Waals surface area contributed by atoms with E-state index in [0.29, 0.717) is 27.2 Å². The van der Waals surface area contributed by atoms with Gasteiger partial charge in [-0.25, -0.2) is 18.2 Å². The number of urea groups is 1. The Morgan fingerprint density at radius 1 is 0.844 bits per heavy atom. The molecule has 1 heterocycles. The molecule has 4 rings (SSSR count). The highest BCUT2D eigenvalue weighted by Crippen LogP contribution is 2.27. The Labute approximate surface area is 194 Å². The molecule has 0 saturated heterocycles. The van der Waals surface area contributed by atoms with Crippen LogP contribution in [0.5, 0.6) is 0 Å². The van der Waals surface area contributed by atoms with Gasteiger partial charge < -0.3 is 5.32 Å². The number of anilines is 3. The molecule has 0 unspecified atom stereocenters. The summed E-state index contributed by atoms with van der Waals surface area (Å²) >= 11 is 7.11. The monoisotopic (exact) mass is 484 g/mol. The molecule has 1 aromatic heterocycles. The molecule has 0 spiro atoms. The summed E-state index contributed by atoms with van der Waals surface area (Å²) in [7, 11) is -3.72. The number of halogens is 1. The smallest absolute Gasteiger partial charge is 0.308 e. The third kappa shape index (κ3) is 5.44. The average Bonchev–Trinajstić information content (AvgIpc) is 3.23. The lowest BCUT2D eigenvalue weighted by Crippen LogP contribution is -2.19. The number of thiazole rings is 1. The first kappa shape index (κ1) is 21.8. The molecule has 0 aliphatic heterocycles. The van der Waals surface area contributed by atoms with Crippen LogP contribution in [0.3, 0.4) is 0 Å². The Kier molecular flexibility index (Phi) is 6.40. The van der Waals surface area contributed by atoms with Gasteiger partial charge in [0.1, 0.15) is 0 Å². The zero-order chi connectivity index (χ0) is 22.6. The minimum atomic E-state index is -3.72. The number of rotatable bonds is 6. The van der Waals surface area contributed by atoms with Crippen molar-refractivity contribution in [2.75, 3.05) is 15.4 Å². The van der Waals surface area contributed by atoms with E-state index in [0.717, 1.165) is 5.56 Å². The molecular formula is C22H17ClN4O3S2. The van der Waals surface area contributed by atoms with Crippen molar-refractivity contribution in [1.29, 1.82) is 0 Å². The molecule has 3 N–H and O–H groups in total. The molecule has 0 radical (unpaired) electrons. The molecule has 0 bridgehead atoms. The lowest BCUT2D eigenvalue weighted by molar-refractivity contribution is 0.262. The molecular weight excluding hydrogens is 468 g/mol. The van der Waals surface area contributed by atoms with Gasteiger partial charge in [0.2, 0.25) is 0 Å².